The number of carbonyl (C=O) groups is 1. The summed E-state index contributed by atoms with van der Waals surface area (Å²) in [7, 11) is 0. The Hall–Kier alpha value is -2.79. The van der Waals surface area contributed by atoms with Crippen molar-refractivity contribution in [2.24, 2.45) is 0 Å². The molecule has 2 aromatic heterocycles. The Kier molecular flexibility index (Phi) is 5.09. The number of rotatable bonds is 4. The molecule has 1 amide bonds. The number of thiazole rings is 1. The number of para-hydroxylation sites is 1. The lowest BCUT2D eigenvalue weighted by atomic mass is 10.2. The van der Waals surface area contributed by atoms with Gasteiger partial charge in [-0.1, -0.05) is 41.3 Å². The van der Waals surface area contributed by atoms with Crippen LogP contribution in [0.15, 0.2) is 47.5 Å². The van der Waals surface area contributed by atoms with E-state index in [1.54, 1.807) is 18.2 Å². The number of alkyl halides is 3. The maximum absolute atomic E-state index is 13.3. The lowest BCUT2D eigenvalue weighted by Crippen LogP contribution is -2.15. The summed E-state index contributed by atoms with van der Waals surface area (Å²) in [5, 5.41) is 3.34. The maximum Gasteiger partial charge on any atom is 0.451 e. The Bertz CT molecular complexity index is 1230. The first-order valence-corrected chi connectivity index (χ1v) is 9.92. The third kappa shape index (κ3) is 4.30. The Balaban J connectivity index is 1.53. The summed E-state index contributed by atoms with van der Waals surface area (Å²) < 4.78 is 53.0. The van der Waals surface area contributed by atoms with E-state index >= 15 is 0 Å². The van der Waals surface area contributed by atoms with Gasteiger partial charge in [-0.15, -0.1) is 0 Å². The van der Waals surface area contributed by atoms with Crippen molar-refractivity contribution in [2.45, 2.75) is 11.2 Å². The Morgan fingerprint density at radius 2 is 1.86 bits per heavy atom. The van der Waals surface area contributed by atoms with Gasteiger partial charge in [0.1, 0.15) is 10.8 Å². The largest absolute Gasteiger partial charge is 0.451 e. The molecule has 0 fully saturated rings. The number of benzene rings is 2. The second-order valence-corrected chi connectivity index (χ2v) is 7.83. The summed E-state index contributed by atoms with van der Waals surface area (Å²) in [4.78, 5) is 23.6. The molecule has 0 aliphatic carbocycles. The highest BCUT2D eigenvalue weighted by Crippen LogP contribution is 2.32. The topological polar surface area (TPSA) is 67.8 Å². The predicted octanol–water partition coefficient (Wildman–Crippen LogP) is 5.13. The van der Waals surface area contributed by atoms with Gasteiger partial charge < -0.3 is 5.32 Å². The molecule has 4 aromatic rings. The number of aromatic nitrogens is 3. The first-order valence-electron chi connectivity index (χ1n) is 8.12. The molecule has 11 heteroatoms. The van der Waals surface area contributed by atoms with Gasteiger partial charge >= 0.3 is 6.18 Å². The molecule has 2 heterocycles. The number of hydrogen-bond donors (Lipinski definition) is 1. The highest BCUT2D eigenvalue weighted by Gasteiger charge is 2.35. The molecular weight excluding hydrogens is 428 g/mol. The number of amides is 1. The fraction of sp³-hybridized carbons (Fsp3) is 0.111. The third-order valence-electron chi connectivity index (χ3n) is 3.76. The highest BCUT2D eigenvalue weighted by molar-refractivity contribution is 8.00. The van der Waals surface area contributed by atoms with E-state index in [4.69, 9.17) is 0 Å². The van der Waals surface area contributed by atoms with Gasteiger partial charge in [-0.05, 0) is 24.3 Å². The van der Waals surface area contributed by atoms with Crippen LogP contribution in [0.2, 0.25) is 0 Å². The van der Waals surface area contributed by atoms with E-state index in [2.05, 4.69) is 20.3 Å². The predicted molar refractivity (Wildman–Crippen MR) is 103 cm³/mol. The van der Waals surface area contributed by atoms with Crippen LogP contribution in [0.5, 0.6) is 0 Å². The van der Waals surface area contributed by atoms with E-state index in [1.807, 2.05) is 0 Å². The number of carbonyl (C=O) groups excluding carboxylic acids is 1. The number of thioether (sulfide) groups is 1. The van der Waals surface area contributed by atoms with Gasteiger partial charge in [0.25, 0.3) is 0 Å². The first kappa shape index (κ1) is 19.5. The van der Waals surface area contributed by atoms with Crippen LogP contribution in [0.4, 0.5) is 22.7 Å². The van der Waals surface area contributed by atoms with Crippen LogP contribution in [-0.2, 0) is 11.0 Å². The fourth-order valence-corrected chi connectivity index (χ4v) is 4.25. The van der Waals surface area contributed by atoms with Crippen LogP contribution >= 0.6 is 23.1 Å². The number of nitrogens with zero attached hydrogens (tertiary/aromatic N) is 3. The number of nitrogens with one attached hydrogen (secondary N) is 1. The Morgan fingerprint density at radius 1 is 1.07 bits per heavy atom. The van der Waals surface area contributed by atoms with E-state index in [-0.39, 0.29) is 21.4 Å². The number of hydrogen-bond acceptors (Lipinski definition) is 6. The van der Waals surface area contributed by atoms with Gasteiger partial charge in [0, 0.05) is 5.39 Å². The van der Waals surface area contributed by atoms with Crippen LogP contribution in [0.25, 0.3) is 21.1 Å². The molecule has 0 unspecified atom stereocenters. The Labute approximate surface area is 169 Å². The molecule has 2 aromatic carbocycles. The standard InChI is InChI=1S/C18H10F4N4OS2/c19-9-5-6-12-13(7-9)29-17(24-12)25-14(27)8-28-15-10-3-1-2-4-11(10)23-16(26-15)18(20,21)22/h1-7H,8H2,(H,24,25,27). The number of anilines is 1. The molecular formula is C18H10F4N4OS2. The highest BCUT2D eigenvalue weighted by atomic mass is 32.2. The molecule has 148 valence electrons. The molecule has 0 saturated heterocycles. The molecule has 0 bridgehead atoms. The van der Waals surface area contributed by atoms with E-state index in [1.165, 1.54) is 24.3 Å². The number of fused-ring (bicyclic) bond motifs is 2. The normalized spacial score (nSPS) is 11.9. The average Bonchev–Trinajstić information content (AvgIpc) is 3.06. The fourth-order valence-electron chi connectivity index (χ4n) is 2.53. The lowest BCUT2D eigenvalue weighted by molar-refractivity contribution is -0.145. The van der Waals surface area contributed by atoms with Crippen molar-refractivity contribution in [3.8, 4) is 0 Å². The summed E-state index contributed by atoms with van der Waals surface area (Å²) >= 11 is 1.97. The van der Waals surface area contributed by atoms with Crippen molar-refractivity contribution in [2.75, 3.05) is 11.1 Å². The first-order chi connectivity index (χ1) is 13.8. The molecule has 4 rings (SSSR count). The van der Waals surface area contributed by atoms with E-state index < -0.39 is 23.7 Å². The molecule has 5 nitrogen and oxygen atoms in total. The average molecular weight is 438 g/mol. The molecule has 0 aliphatic heterocycles. The summed E-state index contributed by atoms with van der Waals surface area (Å²) in [6.07, 6.45) is -4.70. The monoisotopic (exact) mass is 438 g/mol. The third-order valence-corrected chi connectivity index (χ3v) is 5.68. The van der Waals surface area contributed by atoms with Gasteiger partial charge in [-0.2, -0.15) is 13.2 Å². The summed E-state index contributed by atoms with van der Waals surface area (Å²) in [6.45, 7) is 0. The van der Waals surface area contributed by atoms with Gasteiger partial charge in [0.05, 0.1) is 21.5 Å². The van der Waals surface area contributed by atoms with Gasteiger partial charge in [-0.3, -0.25) is 4.79 Å². The molecule has 1 N–H and O–H groups in total. The molecule has 0 spiro atoms. The van der Waals surface area contributed by atoms with Crippen molar-refractivity contribution in [1.82, 2.24) is 15.0 Å². The van der Waals surface area contributed by atoms with Gasteiger partial charge in [0.15, 0.2) is 5.13 Å². The summed E-state index contributed by atoms with van der Waals surface area (Å²) in [5.41, 5.74) is 0.682. The minimum atomic E-state index is -4.70. The number of halogens is 4. The van der Waals surface area contributed by atoms with Crippen molar-refractivity contribution in [3.05, 3.63) is 54.1 Å². The van der Waals surface area contributed by atoms with Gasteiger partial charge in [-0.25, -0.2) is 19.3 Å². The molecule has 0 saturated carbocycles. The molecule has 29 heavy (non-hydrogen) atoms. The van der Waals surface area contributed by atoms with E-state index in [0.29, 0.717) is 15.6 Å². The maximum atomic E-state index is 13.3. The van der Waals surface area contributed by atoms with Crippen molar-refractivity contribution >= 4 is 55.3 Å². The van der Waals surface area contributed by atoms with Crippen molar-refractivity contribution in [1.29, 1.82) is 0 Å². The smallest absolute Gasteiger partial charge is 0.301 e. The second kappa shape index (κ2) is 7.56. The second-order valence-electron chi connectivity index (χ2n) is 5.84. The molecule has 0 radical (unpaired) electrons. The zero-order valence-electron chi connectivity index (χ0n) is 14.3. The minimum Gasteiger partial charge on any atom is -0.301 e. The quantitative estimate of drug-likeness (QED) is 0.272. The van der Waals surface area contributed by atoms with E-state index in [9.17, 15) is 22.4 Å². The zero-order chi connectivity index (χ0) is 20.6. The van der Waals surface area contributed by atoms with E-state index in [0.717, 1.165) is 23.1 Å². The van der Waals surface area contributed by atoms with Crippen molar-refractivity contribution in [3.63, 3.8) is 0 Å². The lowest BCUT2D eigenvalue weighted by Gasteiger charge is -2.10. The summed E-state index contributed by atoms with van der Waals surface area (Å²) in [6, 6.07) is 10.4. The van der Waals surface area contributed by atoms with Gasteiger partial charge in [0.2, 0.25) is 11.7 Å². The van der Waals surface area contributed by atoms with Crippen LogP contribution in [0, 0.1) is 5.82 Å². The van der Waals surface area contributed by atoms with Crippen LogP contribution < -0.4 is 5.32 Å². The summed E-state index contributed by atoms with van der Waals surface area (Å²) in [5.74, 6) is -2.31. The minimum absolute atomic E-state index is 0.0597. The molecule has 0 atom stereocenters. The van der Waals surface area contributed by atoms with Crippen LogP contribution in [0.3, 0.4) is 0 Å². The van der Waals surface area contributed by atoms with Crippen LogP contribution in [-0.4, -0.2) is 26.6 Å². The Morgan fingerprint density at radius 3 is 2.66 bits per heavy atom. The zero-order valence-corrected chi connectivity index (χ0v) is 16.0. The van der Waals surface area contributed by atoms with Crippen LogP contribution in [0.1, 0.15) is 5.82 Å². The molecule has 0 aliphatic rings. The SMILES string of the molecule is O=C(CSc1nc(C(F)(F)F)nc2ccccc12)Nc1nc2ccc(F)cc2s1. The van der Waals surface area contributed by atoms with Crippen molar-refractivity contribution < 1.29 is 22.4 Å².